The maximum Gasteiger partial charge on any atom is 0.410 e. The third-order valence-corrected chi connectivity index (χ3v) is 3.06. The fraction of sp³-hybridized carbons (Fsp3) is 0.857. The molecule has 2 amide bonds. The van der Waals surface area contributed by atoms with E-state index >= 15 is 0 Å². The van der Waals surface area contributed by atoms with Crippen LogP contribution in [0.25, 0.3) is 0 Å². The Morgan fingerprint density at radius 2 is 1.79 bits per heavy atom. The van der Waals surface area contributed by atoms with Crippen molar-refractivity contribution in [3.63, 3.8) is 0 Å². The molecule has 1 atom stereocenters. The molecule has 5 heteroatoms. The maximum absolute atomic E-state index is 12.0. The lowest BCUT2D eigenvalue weighted by Crippen LogP contribution is -2.56. The largest absolute Gasteiger partial charge is 0.444 e. The van der Waals surface area contributed by atoms with E-state index in [1.54, 1.807) is 4.90 Å². The zero-order chi connectivity index (χ0) is 14.8. The molecule has 1 saturated heterocycles. The zero-order valence-corrected chi connectivity index (χ0v) is 12.9. The van der Waals surface area contributed by atoms with E-state index in [1.165, 1.54) is 0 Å². The quantitative estimate of drug-likeness (QED) is 0.733. The van der Waals surface area contributed by atoms with Gasteiger partial charge in [-0.15, -0.1) is 0 Å². The third kappa shape index (κ3) is 4.40. The minimum absolute atomic E-state index is 0.000256. The second kappa shape index (κ2) is 5.80. The molecule has 0 aromatic carbocycles. The number of rotatable bonds is 1. The summed E-state index contributed by atoms with van der Waals surface area (Å²) in [4.78, 5) is 27.5. The molecule has 0 bridgehead atoms. The molecule has 0 aliphatic carbocycles. The topological polar surface area (TPSA) is 49.9 Å². The fourth-order valence-electron chi connectivity index (χ4n) is 2.11. The molecule has 0 radical (unpaired) electrons. The number of hydrogen-bond donors (Lipinski definition) is 0. The average Bonchev–Trinajstić information content (AvgIpc) is 2.25. The first-order valence-corrected chi connectivity index (χ1v) is 6.90. The summed E-state index contributed by atoms with van der Waals surface area (Å²) in [6, 6.07) is -0.00806. The number of ether oxygens (including phenoxy) is 1. The zero-order valence-electron chi connectivity index (χ0n) is 12.9. The van der Waals surface area contributed by atoms with Crippen LogP contribution in [-0.2, 0) is 9.53 Å². The third-order valence-electron chi connectivity index (χ3n) is 3.06. The number of carbonyl (C=O) groups is 2. The van der Waals surface area contributed by atoms with Gasteiger partial charge in [0, 0.05) is 31.6 Å². The molecule has 1 unspecified atom stereocenters. The van der Waals surface area contributed by atoms with Crippen molar-refractivity contribution < 1.29 is 14.3 Å². The van der Waals surface area contributed by atoms with Crippen LogP contribution in [0, 0.1) is 5.92 Å². The van der Waals surface area contributed by atoms with Crippen LogP contribution in [0.2, 0.25) is 0 Å². The summed E-state index contributed by atoms with van der Waals surface area (Å²) in [6.45, 7) is 13.0. The van der Waals surface area contributed by atoms with E-state index in [1.807, 2.05) is 46.4 Å². The van der Waals surface area contributed by atoms with E-state index in [4.69, 9.17) is 4.74 Å². The lowest BCUT2D eigenvalue weighted by molar-refractivity contribution is -0.137. The molecule has 0 spiro atoms. The molecule has 0 N–H and O–H groups in total. The van der Waals surface area contributed by atoms with Crippen molar-refractivity contribution in [2.75, 3.05) is 19.6 Å². The maximum atomic E-state index is 12.0. The van der Waals surface area contributed by atoms with Gasteiger partial charge in [-0.05, 0) is 27.7 Å². The van der Waals surface area contributed by atoms with Crippen molar-refractivity contribution in [3.8, 4) is 0 Å². The van der Waals surface area contributed by atoms with E-state index in [0.29, 0.717) is 19.6 Å². The number of hydrogen-bond acceptors (Lipinski definition) is 3. The Morgan fingerprint density at radius 3 is 2.21 bits per heavy atom. The van der Waals surface area contributed by atoms with Crippen molar-refractivity contribution in [1.82, 2.24) is 9.80 Å². The molecule has 0 saturated carbocycles. The number of piperazine rings is 1. The summed E-state index contributed by atoms with van der Waals surface area (Å²) in [7, 11) is 0. The van der Waals surface area contributed by atoms with E-state index in [9.17, 15) is 9.59 Å². The molecular weight excluding hydrogens is 244 g/mol. The van der Waals surface area contributed by atoms with Gasteiger partial charge in [0.15, 0.2) is 0 Å². The van der Waals surface area contributed by atoms with Gasteiger partial charge in [0.25, 0.3) is 0 Å². The van der Waals surface area contributed by atoms with Crippen LogP contribution in [-0.4, -0.2) is 53.1 Å². The Labute approximate surface area is 115 Å². The summed E-state index contributed by atoms with van der Waals surface area (Å²) >= 11 is 0. The van der Waals surface area contributed by atoms with Crippen LogP contribution >= 0.6 is 0 Å². The molecule has 1 aliphatic rings. The van der Waals surface area contributed by atoms with Crippen LogP contribution in [0.4, 0.5) is 4.79 Å². The highest BCUT2D eigenvalue weighted by molar-refractivity contribution is 5.78. The molecule has 1 fully saturated rings. The van der Waals surface area contributed by atoms with E-state index in [-0.39, 0.29) is 24.0 Å². The number of carbonyl (C=O) groups excluding carboxylic acids is 2. The van der Waals surface area contributed by atoms with Gasteiger partial charge in [-0.2, -0.15) is 0 Å². The summed E-state index contributed by atoms with van der Waals surface area (Å²) < 4.78 is 5.37. The Kier molecular flexibility index (Phi) is 4.82. The predicted molar refractivity (Wildman–Crippen MR) is 73.8 cm³/mol. The molecule has 1 heterocycles. The van der Waals surface area contributed by atoms with E-state index in [0.717, 1.165) is 0 Å². The van der Waals surface area contributed by atoms with Gasteiger partial charge < -0.3 is 14.5 Å². The second-order valence-corrected chi connectivity index (χ2v) is 6.46. The van der Waals surface area contributed by atoms with Gasteiger partial charge in [0.05, 0.1) is 0 Å². The van der Waals surface area contributed by atoms with Gasteiger partial charge in [0.2, 0.25) is 5.91 Å². The minimum Gasteiger partial charge on any atom is -0.444 e. The lowest BCUT2D eigenvalue weighted by Gasteiger charge is -2.40. The number of nitrogens with zero attached hydrogens (tertiary/aromatic N) is 2. The molecular formula is C14H26N2O3. The molecule has 0 aromatic heterocycles. The first-order chi connectivity index (χ1) is 8.61. The Morgan fingerprint density at radius 1 is 1.21 bits per heavy atom. The van der Waals surface area contributed by atoms with Gasteiger partial charge in [-0.1, -0.05) is 13.8 Å². The van der Waals surface area contributed by atoms with Crippen molar-refractivity contribution in [2.24, 2.45) is 5.92 Å². The van der Waals surface area contributed by atoms with Crippen molar-refractivity contribution in [3.05, 3.63) is 0 Å². The monoisotopic (exact) mass is 270 g/mol. The number of amides is 2. The van der Waals surface area contributed by atoms with Crippen LogP contribution < -0.4 is 0 Å². The Balaban J connectivity index is 2.60. The molecule has 110 valence electrons. The van der Waals surface area contributed by atoms with Gasteiger partial charge in [-0.3, -0.25) is 4.79 Å². The van der Waals surface area contributed by atoms with Crippen molar-refractivity contribution >= 4 is 12.0 Å². The summed E-state index contributed by atoms with van der Waals surface area (Å²) in [5, 5.41) is 0. The predicted octanol–water partition coefficient (Wildman–Crippen LogP) is 2.11. The van der Waals surface area contributed by atoms with E-state index in [2.05, 4.69) is 0 Å². The molecule has 1 rings (SSSR count). The van der Waals surface area contributed by atoms with E-state index < -0.39 is 5.60 Å². The second-order valence-electron chi connectivity index (χ2n) is 6.46. The van der Waals surface area contributed by atoms with Crippen LogP contribution in [0.15, 0.2) is 0 Å². The highest BCUT2D eigenvalue weighted by Gasteiger charge is 2.32. The first-order valence-electron chi connectivity index (χ1n) is 6.90. The summed E-state index contributed by atoms with van der Waals surface area (Å²) in [5.41, 5.74) is -0.484. The summed E-state index contributed by atoms with van der Waals surface area (Å²) in [6.07, 6.45) is -0.295. The van der Waals surface area contributed by atoms with Crippen LogP contribution in [0.3, 0.4) is 0 Å². The van der Waals surface area contributed by atoms with Crippen LogP contribution in [0.5, 0.6) is 0 Å². The molecule has 19 heavy (non-hydrogen) atoms. The van der Waals surface area contributed by atoms with Crippen molar-refractivity contribution in [1.29, 1.82) is 0 Å². The average molecular weight is 270 g/mol. The minimum atomic E-state index is -0.484. The van der Waals surface area contributed by atoms with Gasteiger partial charge >= 0.3 is 6.09 Å². The van der Waals surface area contributed by atoms with Crippen molar-refractivity contribution in [2.45, 2.75) is 53.2 Å². The van der Waals surface area contributed by atoms with Crippen LogP contribution in [0.1, 0.15) is 41.5 Å². The summed E-state index contributed by atoms with van der Waals surface area (Å²) in [5.74, 6) is 0.149. The van der Waals surface area contributed by atoms with Gasteiger partial charge in [-0.25, -0.2) is 4.79 Å². The standard InChI is InChI=1S/C14H26N2O3/c1-10(2)12(17)15-7-8-16(11(3)9-15)13(18)19-14(4,5)6/h10-11H,7-9H2,1-6H3. The smallest absolute Gasteiger partial charge is 0.410 e. The highest BCUT2D eigenvalue weighted by Crippen LogP contribution is 2.16. The SMILES string of the molecule is CC(C)C(=O)N1CCN(C(=O)OC(C)(C)C)C(C)C1. The Hall–Kier alpha value is -1.26. The Bertz CT molecular complexity index is 347. The molecule has 0 aromatic rings. The first kappa shape index (κ1) is 15.8. The molecule has 1 aliphatic heterocycles. The highest BCUT2D eigenvalue weighted by atomic mass is 16.6. The normalized spacial score (nSPS) is 20.7. The van der Waals surface area contributed by atoms with Gasteiger partial charge in [0.1, 0.15) is 5.60 Å². The fourth-order valence-corrected chi connectivity index (χ4v) is 2.11. The lowest BCUT2D eigenvalue weighted by atomic mass is 10.1. The molecule has 5 nitrogen and oxygen atoms in total.